The summed E-state index contributed by atoms with van der Waals surface area (Å²) in [5.41, 5.74) is 7.60. The summed E-state index contributed by atoms with van der Waals surface area (Å²) >= 11 is 0. The van der Waals surface area contributed by atoms with Gasteiger partial charge in [-0.3, -0.25) is 4.79 Å². The number of anilines is 4. The minimum absolute atomic E-state index is 0.138. The molecule has 3 aliphatic rings. The summed E-state index contributed by atoms with van der Waals surface area (Å²) in [5.74, 6) is 1.38. The molecule has 3 aliphatic heterocycles. The van der Waals surface area contributed by atoms with Gasteiger partial charge in [0.15, 0.2) is 11.5 Å². The molecule has 0 radical (unpaired) electrons. The molecule has 0 spiro atoms. The third-order valence-corrected chi connectivity index (χ3v) is 6.32. The highest BCUT2D eigenvalue weighted by Gasteiger charge is 2.31. The van der Waals surface area contributed by atoms with Crippen LogP contribution in [0.25, 0.3) is 0 Å². The van der Waals surface area contributed by atoms with E-state index in [9.17, 15) is 4.79 Å². The van der Waals surface area contributed by atoms with Gasteiger partial charge in [0.1, 0.15) is 18.2 Å². The first-order valence-corrected chi connectivity index (χ1v) is 11.0. The number of primary amides is 1. The van der Waals surface area contributed by atoms with Crippen LogP contribution in [0.1, 0.15) is 29.8 Å². The molecule has 9 heteroatoms. The molecule has 1 aromatic heterocycles. The number of benzene rings is 1. The average Bonchev–Trinajstić information content (AvgIpc) is 2.79. The van der Waals surface area contributed by atoms with Crippen LogP contribution in [0.2, 0.25) is 0 Å². The Morgan fingerprint density at radius 1 is 1.19 bits per heavy atom. The largest absolute Gasteiger partial charge is 0.489 e. The smallest absolute Gasteiger partial charge is 0.271 e. The number of hydrogen-bond donors (Lipinski definition) is 2. The molecule has 0 saturated carbocycles. The number of aromatic nitrogens is 2. The number of carbonyl (C=O) groups is 1. The highest BCUT2D eigenvalue weighted by molar-refractivity contribution is 5.96. The van der Waals surface area contributed by atoms with Crippen LogP contribution in [0.4, 0.5) is 23.0 Å². The summed E-state index contributed by atoms with van der Waals surface area (Å²) in [6, 6.07) is 6.40. The highest BCUT2D eigenvalue weighted by Crippen LogP contribution is 2.38. The first kappa shape index (κ1) is 19.9. The van der Waals surface area contributed by atoms with Crippen molar-refractivity contribution in [3.05, 3.63) is 30.1 Å². The van der Waals surface area contributed by atoms with Crippen LogP contribution in [-0.4, -0.2) is 73.2 Å². The number of nitrogens with one attached hydrogen (secondary N) is 1. The minimum atomic E-state index is -0.602. The van der Waals surface area contributed by atoms with Gasteiger partial charge in [0.25, 0.3) is 5.91 Å². The van der Waals surface area contributed by atoms with Crippen molar-refractivity contribution in [3.63, 3.8) is 0 Å². The van der Waals surface area contributed by atoms with Crippen LogP contribution >= 0.6 is 0 Å². The molecule has 3 N–H and O–H groups in total. The molecule has 1 amide bonds. The van der Waals surface area contributed by atoms with E-state index in [2.05, 4.69) is 38.1 Å². The fourth-order valence-electron chi connectivity index (χ4n) is 4.66. The van der Waals surface area contributed by atoms with Gasteiger partial charge in [-0.1, -0.05) is 0 Å². The summed E-state index contributed by atoms with van der Waals surface area (Å²) in [4.78, 5) is 27.9. The molecule has 4 heterocycles. The zero-order chi connectivity index (χ0) is 21.4. The number of nitrogens with zero attached hydrogens (tertiary/aromatic N) is 5. The molecule has 0 bridgehead atoms. The molecule has 0 aliphatic carbocycles. The van der Waals surface area contributed by atoms with Gasteiger partial charge in [-0.05, 0) is 38.4 Å². The number of ether oxygens (including phenoxy) is 1. The topological polar surface area (TPSA) is 99.9 Å². The highest BCUT2D eigenvalue weighted by atomic mass is 16.5. The molecule has 1 aromatic carbocycles. The lowest BCUT2D eigenvalue weighted by atomic mass is 10.1. The van der Waals surface area contributed by atoms with Crippen molar-refractivity contribution in [2.75, 3.05) is 61.5 Å². The van der Waals surface area contributed by atoms with E-state index in [0.29, 0.717) is 18.5 Å². The summed E-state index contributed by atoms with van der Waals surface area (Å²) in [6.07, 6.45) is 5.15. The quantitative estimate of drug-likeness (QED) is 0.768. The van der Waals surface area contributed by atoms with Gasteiger partial charge in [0.05, 0.1) is 17.9 Å². The van der Waals surface area contributed by atoms with E-state index < -0.39 is 5.91 Å². The maximum Gasteiger partial charge on any atom is 0.271 e. The Bertz CT molecular complexity index is 976. The second kappa shape index (κ2) is 8.22. The number of fused-ring (bicyclic) bond motifs is 3. The van der Waals surface area contributed by atoms with E-state index in [1.165, 1.54) is 6.42 Å². The maximum absolute atomic E-state index is 11.9. The predicted octanol–water partition coefficient (Wildman–Crippen LogP) is 1.82. The van der Waals surface area contributed by atoms with Crippen molar-refractivity contribution >= 4 is 28.9 Å². The normalized spacial score (nSPS) is 21.1. The van der Waals surface area contributed by atoms with Crippen LogP contribution in [-0.2, 0) is 0 Å². The lowest BCUT2D eigenvalue weighted by Crippen LogP contribution is -2.56. The van der Waals surface area contributed by atoms with Gasteiger partial charge in [-0.2, -0.15) is 0 Å². The first-order chi connectivity index (χ1) is 15.1. The summed E-state index contributed by atoms with van der Waals surface area (Å²) in [5, 5.41) is 3.25. The van der Waals surface area contributed by atoms with Crippen molar-refractivity contribution in [3.8, 4) is 5.75 Å². The lowest BCUT2D eigenvalue weighted by molar-refractivity contribution is 0.0996. The molecular formula is C22H29N7O2. The zero-order valence-electron chi connectivity index (χ0n) is 17.9. The van der Waals surface area contributed by atoms with Gasteiger partial charge >= 0.3 is 0 Å². The van der Waals surface area contributed by atoms with Gasteiger partial charge < -0.3 is 30.5 Å². The Kier molecular flexibility index (Phi) is 5.27. The van der Waals surface area contributed by atoms with Crippen molar-refractivity contribution in [1.29, 1.82) is 0 Å². The number of likely N-dealkylation sites (N-methyl/N-ethyl adjacent to an activating group) is 1. The standard InChI is InChI=1S/C22H29N7O2/c1-27-9-10-29-16(13-27)14-31-18-11-15(5-6-17(18)29)25-22-20(21(23)30)24-12-19(26-22)28-7-3-2-4-8-28/h5-6,11-12,16H,2-4,7-10,13-14H2,1H3,(H2,23,30)(H,25,26)/t16-/m1/s1. The molecule has 2 fully saturated rings. The molecule has 164 valence electrons. The van der Waals surface area contributed by atoms with E-state index in [1.54, 1.807) is 6.20 Å². The number of nitrogens with two attached hydrogens (primary N) is 1. The van der Waals surface area contributed by atoms with Crippen LogP contribution in [0, 0.1) is 0 Å². The van der Waals surface area contributed by atoms with Crippen LogP contribution in [0.3, 0.4) is 0 Å². The fourth-order valence-corrected chi connectivity index (χ4v) is 4.66. The first-order valence-electron chi connectivity index (χ1n) is 11.0. The minimum Gasteiger partial charge on any atom is -0.489 e. The number of piperazine rings is 1. The van der Waals surface area contributed by atoms with E-state index in [0.717, 1.165) is 68.5 Å². The fraction of sp³-hybridized carbons (Fsp3) is 0.500. The van der Waals surface area contributed by atoms with Crippen molar-refractivity contribution < 1.29 is 9.53 Å². The Balaban J connectivity index is 1.41. The molecule has 5 rings (SSSR count). The summed E-state index contributed by atoms with van der Waals surface area (Å²) in [6.45, 7) is 5.58. The van der Waals surface area contributed by atoms with Crippen molar-refractivity contribution in [2.24, 2.45) is 5.73 Å². The lowest BCUT2D eigenvalue weighted by Gasteiger charge is -2.44. The zero-order valence-corrected chi connectivity index (χ0v) is 17.9. The summed E-state index contributed by atoms with van der Waals surface area (Å²) < 4.78 is 6.07. The molecule has 2 aromatic rings. The second-order valence-corrected chi connectivity index (χ2v) is 8.57. The number of rotatable bonds is 4. The third-order valence-electron chi connectivity index (χ3n) is 6.32. The van der Waals surface area contributed by atoms with Crippen LogP contribution in [0.5, 0.6) is 5.75 Å². The number of amides is 1. The number of piperidine rings is 1. The Morgan fingerprint density at radius 2 is 2.03 bits per heavy atom. The van der Waals surface area contributed by atoms with E-state index in [4.69, 9.17) is 15.5 Å². The second-order valence-electron chi connectivity index (χ2n) is 8.57. The van der Waals surface area contributed by atoms with E-state index in [1.807, 2.05) is 12.1 Å². The van der Waals surface area contributed by atoms with Crippen LogP contribution < -0.4 is 25.6 Å². The predicted molar refractivity (Wildman–Crippen MR) is 120 cm³/mol. The third kappa shape index (κ3) is 3.97. The maximum atomic E-state index is 11.9. The van der Waals surface area contributed by atoms with Crippen LogP contribution in [0.15, 0.2) is 24.4 Å². The Hall–Kier alpha value is -3.07. The molecular weight excluding hydrogens is 394 g/mol. The average molecular weight is 424 g/mol. The van der Waals surface area contributed by atoms with E-state index >= 15 is 0 Å². The van der Waals surface area contributed by atoms with Gasteiger partial charge in [-0.15, -0.1) is 0 Å². The molecule has 9 nitrogen and oxygen atoms in total. The van der Waals surface area contributed by atoms with Gasteiger partial charge in [-0.25, -0.2) is 9.97 Å². The van der Waals surface area contributed by atoms with Crippen molar-refractivity contribution in [2.45, 2.75) is 25.3 Å². The molecule has 1 atom stereocenters. The van der Waals surface area contributed by atoms with Gasteiger partial charge in [0.2, 0.25) is 0 Å². The Labute approximate surface area is 182 Å². The molecule has 2 saturated heterocycles. The number of carbonyl (C=O) groups excluding carboxylic acids is 1. The molecule has 0 unspecified atom stereocenters. The number of hydrogen-bond acceptors (Lipinski definition) is 8. The van der Waals surface area contributed by atoms with Gasteiger partial charge in [0, 0.05) is 44.5 Å². The Morgan fingerprint density at radius 3 is 2.84 bits per heavy atom. The summed E-state index contributed by atoms with van der Waals surface area (Å²) in [7, 11) is 2.15. The SMILES string of the molecule is CN1CCN2c3ccc(Nc4nc(N5CCCCC5)cnc4C(N)=O)cc3OC[C@H]2C1. The van der Waals surface area contributed by atoms with E-state index in [-0.39, 0.29) is 5.69 Å². The molecule has 31 heavy (non-hydrogen) atoms. The van der Waals surface area contributed by atoms with Crippen molar-refractivity contribution in [1.82, 2.24) is 14.9 Å². The monoisotopic (exact) mass is 423 g/mol.